The molecule has 1 saturated carbocycles. The van der Waals surface area contributed by atoms with Crippen LogP contribution in [0, 0.1) is 5.92 Å². The topological polar surface area (TPSA) is 66.6 Å². The second-order valence-corrected chi connectivity index (χ2v) is 4.53. The third-order valence-corrected chi connectivity index (χ3v) is 3.31. The van der Waals surface area contributed by atoms with Gasteiger partial charge in [0.05, 0.1) is 5.60 Å². The Balaban J connectivity index is 1.86. The first kappa shape index (κ1) is 9.93. The van der Waals surface area contributed by atoms with Crippen molar-refractivity contribution in [2.24, 2.45) is 11.7 Å². The zero-order valence-corrected chi connectivity index (χ0v) is 8.41. The summed E-state index contributed by atoms with van der Waals surface area (Å²) in [6.07, 6.45) is 3.36. The van der Waals surface area contributed by atoms with Gasteiger partial charge < -0.3 is 15.7 Å². The number of piperidine rings is 1. The molecule has 0 unspecified atom stereocenters. The second-order valence-electron chi connectivity index (χ2n) is 4.53. The Labute approximate surface area is 84.1 Å². The second kappa shape index (κ2) is 3.51. The maximum Gasteiger partial charge on any atom is 0.225 e. The summed E-state index contributed by atoms with van der Waals surface area (Å²) in [5, 5.41) is 9.87. The van der Waals surface area contributed by atoms with E-state index in [0.29, 0.717) is 38.4 Å². The van der Waals surface area contributed by atoms with E-state index in [1.54, 1.807) is 0 Å². The zero-order valence-electron chi connectivity index (χ0n) is 8.41. The van der Waals surface area contributed by atoms with Crippen LogP contribution < -0.4 is 5.73 Å². The molecule has 1 saturated heterocycles. The molecule has 1 aliphatic heterocycles. The van der Waals surface area contributed by atoms with Gasteiger partial charge in [-0.1, -0.05) is 0 Å². The highest BCUT2D eigenvalue weighted by Gasteiger charge is 2.38. The summed E-state index contributed by atoms with van der Waals surface area (Å²) in [5.41, 5.74) is 4.76. The summed E-state index contributed by atoms with van der Waals surface area (Å²) < 4.78 is 0. The molecule has 0 aromatic heterocycles. The lowest BCUT2D eigenvalue weighted by Crippen LogP contribution is -2.50. The molecule has 2 fully saturated rings. The summed E-state index contributed by atoms with van der Waals surface area (Å²) >= 11 is 0. The molecule has 0 bridgehead atoms. The molecule has 2 aliphatic rings. The van der Waals surface area contributed by atoms with Gasteiger partial charge in [0.1, 0.15) is 0 Å². The number of carbonyl (C=O) groups is 1. The van der Waals surface area contributed by atoms with Gasteiger partial charge >= 0.3 is 0 Å². The highest BCUT2D eigenvalue weighted by molar-refractivity contribution is 5.81. The predicted octanol–water partition coefficient (Wildman–Crippen LogP) is -0.291. The van der Waals surface area contributed by atoms with Crippen molar-refractivity contribution in [3.63, 3.8) is 0 Å². The number of hydrogen-bond donors (Lipinski definition) is 2. The van der Waals surface area contributed by atoms with Crippen LogP contribution >= 0.6 is 0 Å². The van der Waals surface area contributed by atoms with Crippen LogP contribution in [0.4, 0.5) is 0 Å². The van der Waals surface area contributed by atoms with E-state index in [2.05, 4.69) is 0 Å². The lowest BCUT2D eigenvalue weighted by atomic mass is 9.91. The van der Waals surface area contributed by atoms with Crippen LogP contribution in [0.15, 0.2) is 0 Å². The van der Waals surface area contributed by atoms with Crippen molar-refractivity contribution in [2.75, 3.05) is 19.6 Å². The molecule has 1 amide bonds. The van der Waals surface area contributed by atoms with Crippen molar-refractivity contribution in [1.82, 2.24) is 4.90 Å². The van der Waals surface area contributed by atoms with E-state index in [-0.39, 0.29) is 5.91 Å². The molecular formula is C10H18N2O2. The lowest BCUT2D eigenvalue weighted by Gasteiger charge is -2.37. The van der Waals surface area contributed by atoms with Gasteiger partial charge in [0.25, 0.3) is 0 Å². The van der Waals surface area contributed by atoms with E-state index in [4.69, 9.17) is 5.73 Å². The zero-order chi connectivity index (χ0) is 10.2. The van der Waals surface area contributed by atoms with Crippen LogP contribution in [0.1, 0.15) is 25.7 Å². The number of amides is 1. The van der Waals surface area contributed by atoms with Gasteiger partial charge in [0, 0.05) is 25.6 Å². The number of rotatable bonds is 2. The maximum absolute atomic E-state index is 11.7. The molecule has 0 aromatic carbocycles. The van der Waals surface area contributed by atoms with Gasteiger partial charge in [-0.2, -0.15) is 0 Å². The van der Waals surface area contributed by atoms with Gasteiger partial charge in [-0.05, 0) is 25.7 Å². The lowest BCUT2D eigenvalue weighted by molar-refractivity contribution is -0.136. The first-order valence-corrected chi connectivity index (χ1v) is 5.36. The average Bonchev–Trinajstić information content (AvgIpc) is 3.01. The van der Waals surface area contributed by atoms with Crippen molar-refractivity contribution in [1.29, 1.82) is 0 Å². The fraction of sp³-hybridized carbons (Fsp3) is 0.900. The Hall–Kier alpha value is -0.610. The Morgan fingerprint density at radius 3 is 2.43 bits per heavy atom. The number of likely N-dealkylation sites (tertiary alicyclic amines) is 1. The molecule has 1 heterocycles. The van der Waals surface area contributed by atoms with Gasteiger partial charge in [-0.15, -0.1) is 0 Å². The van der Waals surface area contributed by atoms with Crippen LogP contribution in [-0.2, 0) is 4.79 Å². The average molecular weight is 198 g/mol. The predicted molar refractivity (Wildman–Crippen MR) is 52.5 cm³/mol. The highest BCUT2D eigenvalue weighted by atomic mass is 16.3. The van der Waals surface area contributed by atoms with Crippen LogP contribution in [0.25, 0.3) is 0 Å². The molecule has 0 spiro atoms. The minimum Gasteiger partial charge on any atom is -0.388 e. The highest BCUT2D eigenvalue weighted by Crippen LogP contribution is 2.32. The van der Waals surface area contributed by atoms with Crippen molar-refractivity contribution < 1.29 is 9.90 Å². The molecule has 4 nitrogen and oxygen atoms in total. The molecule has 0 radical (unpaired) electrons. The molecule has 0 atom stereocenters. The smallest absolute Gasteiger partial charge is 0.225 e. The molecule has 14 heavy (non-hydrogen) atoms. The van der Waals surface area contributed by atoms with Gasteiger partial charge in [-0.25, -0.2) is 0 Å². The first-order chi connectivity index (χ1) is 6.64. The normalized spacial score (nSPS) is 26.3. The molecule has 80 valence electrons. The molecule has 0 aromatic rings. The van der Waals surface area contributed by atoms with E-state index in [1.165, 1.54) is 0 Å². The summed E-state index contributed by atoms with van der Waals surface area (Å²) in [5.74, 6) is 0.572. The number of nitrogens with zero attached hydrogens (tertiary/aromatic N) is 1. The SMILES string of the molecule is NCC1(O)CCN(C(=O)C2CC2)CC1. The third kappa shape index (κ3) is 1.91. The summed E-state index contributed by atoms with van der Waals surface area (Å²) in [6.45, 7) is 1.64. The van der Waals surface area contributed by atoms with Gasteiger partial charge in [0.15, 0.2) is 0 Å². The number of aliphatic hydroxyl groups is 1. The molecule has 4 heteroatoms. The van der Waals surface area contributed by atoms with Crippen LogP contribution in [0.3, 0.4) is 0 Å². The quantitative estimate of drug-likeness (QED) is 0.640. The maximum atomic E-state index is 11.7. The summed E-state index contributed by atoms with van der Waals surface area (Å²) in [4.78, 5) is 13.5. The number of hydrogen-bond acceptors (Lipinski definition) is 3. The van der Waals surface area contributed by atoms with Crippen molar-refractivity contribution in [3.8, 4) is 0 Å². The van der Waals surface area contributed by atoms with Crippen LogP contribution in [-0.4, -0.2) is 41.1 Å². The minimum atomic E-state index is -0.722. The van der Waals surface area contributed by atoms with E-state index >= 15 is 0 Å². The Morgan fingerprint density at radius 1 is 1.43 bits per heavy atom. The van der Waals surface area contributed by atoms with Gasteiger partial charge in [0.2, 0.25) is 5.91 Å². The van der Waals surface area contributed by atoms with Crippen LogP contribution in [0.5, 0.6) is 0 Å². The number of nitrogens with two attached hydrogens (primary N) is 1. The Morgan fingerprint density at radius 2 is 2.00 bits per heavy atom. The van der Waals surface area contributed by atoms with E-state index in [0.717, 1.165) is 12.8 Å². The van der Waals surface area contributed by atoms with Crippen LogP contribution in [0.2, 0.25) is 0 Å². The summed E-state index contributed by atoms with van der Waals surface area (Å²) in [7, 11) is 0. The number of carbonyl (C=O) groups excluding carboxylic acids is 1. The molecule has 1 aliphatic carbocycles. The van der Waals surface area contributed by atoms with Crippen molar-refractivity contribution >= 4 is 5.91 Å². The van der Waals surface area contributed by atoms with E-state index in [9.17, 15) is 9.90 Å². The Kier molecular flexibility index (Phi) is 2.49. The Bertz CT molecular complexity index is 230. The van der Waals surface area contributed by atoms with E-state index < -0.39 is 5.60 Å². The summed E-state index contributed by atoms with van der Waals surface area (Å²) in [6, 6.07) is 0. The standard InChI is InChI=1S/C10H18N2O2/c11-7-10(14)3-5-12(6-4-10)9(13)8-1-2-8/h8,14H,1-7,11H2. The van der Waals surface area contributed by atoms with Crippen molar-refractivity contribution in [2.45, 2.75) is 31.3 Å². The minimum absolute atomic E-state index is 0.282. The largest absolute Gasteiger partial charge is 0.388 e. The first-order valence-electron chi connectivity index (χ1n) is 5.36. The van der Waals surface area contributed by atoms with E-state index in [1.807, 2.05) is 4.90 Å². The molecule has 2 rings (SSSR count). The monoisotopic (exact) mass is 198 g/mol. The van der Waals surface area contributed by atoms with Gasteiger partial charge in [-0.3, -0.25) is 4.79 Å². The molecular weight excluding hydrogens is 180 g/mol. The fourth-order valence-electron chi connectivity index (χ4n) is 1.94. The molecule has 3 N–H and O–H groups in total. The fourth-order valence-corrected chi connectivity index (χ4v) is 1.94. The third-order valence-electron chi connectivity index (χ3n) is 3.31. The van der Waals surface area contributed by atoms with Crippen molar-refractivity contribution in [3.05, 3.63) is 0 Å².